The summed E-state index contributed by atoms with van der Waals surface area (Å²) < 4.78 is 10.6. The molecule has 30 heavy (non-hydrogen) atoms. The predicted molar refractivity (Wildman–Crippen MR) is 123 cm³/mol. The zero-order valence-corrected chi connectivity index (χ0v) is 19.8. The quantitative estimate of drug-likeness (QED) is 0.394. The molecule has 0 atom stereocenters. The molecule has 2 aromatic heterocycles. The molecule has 164 valence electrons. The molecule has 0 bridgehead atoms. The first kappa shape index (κ1) is 23.1. The number of thioether (sulfide) groups is 2. The number of aryl methyl sites for hydroxylation is 2. The van der Waals surface area contributed by atoms with E-state index in [4.69, 9.17) is 9.47 Å². The lowest BCUT2D eigenvalue weighted by Gasteiger charge is -2.28. The van der Waals surface area contributed by atoms with Gasteiger partial charge in [0.15, 0.2) is 5.16 Å². The average Bonchev–Trinajstić information content (AvgIpc) is 2.80. The highest BCUT2D eigenvalue weighted by Crippen LogP contribution is 2.20. The summed E-state index contributed by atoms with van der Waals surface area (Å²) in [6, 6.07) is 4.08. The van der Waals surface area contributed by atoms with Crippen LogP contribution in [-0.4, -0.2) is 85.1 Å². The predicted octanol–water partition coefficient (Wildman–Crippen LogP) is 2.69. The van der Waals surface area contributed by atoms with Crippen molar-refractivity contribution in [1.82, 2.24) is 19.9 Å². The van der Waals surface area contributed by atoms with E-state index >= 15 is 0 Å². The van der Waals surface area contributed by atoms with E-state index in [1.165, 1.54) is 0 Å². The first-order valence-corrected chi connectivity index (χ1v) is 12.5. The highest BCUT2D eigenvalue weighted by Gasteiger charge is 2.14. The molecule has 2 fully saturated rings. The van der Waals surface area contributed by atoms with Crippen LogP contribution < -0.4 is 9.80 Å². The van der Waals surface area contributed by atoms with E-state index < -0.39 is 0 Å². The van der Waals surface area contributed by atoms with Crippen LogP contribution in [0.25, 0.3) is 0 Å². The van der Waals surface area contributed by atoms with Crippen LogP contribution in [0.15, 0.2) is 22.3 Å². The van der Waals surface area contributed by atoms with Crippen LogP contribution in [0.2, 0.25) is 0 Å². The Bertz CT molecular complexity index is 746. The first-order valence-electron chi connectivity index (χ1n) is 10.0. The molecule has 0 amide bonds. The van der Waals surface area contributed by atoms with Crippen LogP contribution in [0, 0.1) is 13.8 Å². The smallest absolute Gasteiger partial charge is 0.189 e. The molecule has 4 heterocycles. The van der Waals surface area contributed by atoms with Gasteiger partial charge < -0.3 is 19.3 Å². The van der Waals surface area contributed by atoms with Crippen molar-refractivity contribution in [2.24, 2.45) is 0 Å². The van der Waals surface area contributed by atoms with Gasteiger partial charge in [0.25, 0.3) is 0 Å². The molecule has 2 aliphatic heterocycles. The molecule has 4 rings (SSSR count). The molecule has 10 heteroatoms. The zero-order chi connectivity index (χ0) is 21.3. The van der Waals surface area contributed by atoms with E-state index in [1.807, 2.05) is 38.5 Å². The molecule has 0 aromatic carbocycles. The van der Waals surface area contributed by atoms with Gasteiger partial charge in [-0.1, -0.05) is 11.8 Å². The van der Waals surface area contributed by atoms with Crippen LogP contribution in [0.5, 0.6) is 0 Å². The fourth-order valence-corrected chi connectivity index (χ4v) is 4.02. The highest BCUT2D eigenvalue weighted by atomic mass is 32.2. The summed E-state index contributed by atoms with van der Waals surface area (Å²) >= 11 is 3.23. The number of ether oxygens (including phenoxy) is 2. The molecule has 2 aromatic rings. The Morgan fingerprint density at radius 1 is 0.733 bits per heavy atom. The molecular formula is C20H30N6O2S2. The van der Waals surface area contributed by atoms with E-state index in [0.29, 0.717) is 0 Å². The number of aromatic nitrogens is 4. The Morgan fingerprint density at radius 3 is 1.83 bits per heavy atom. The topological polar surface area (TPSA) is 76.5 Å². The van der Waals surface area contributed by atoms with Crippen molar-refractivity contribution in [3.05, 3.63) is 23.7 Å². The average molecular weight is 451 g/mol. The Hall–Kier alpha value is -1.62. The third-order valence-electron chi connectivity index (χ3n) is 4.68. The lowest BCUT2D eigenvalue weighted by atomic mass is 10.3. The number of rotatable bonds is 4. The van der Waals surface area contributed by atoms with Gasteiger partial charge in [-0.2, -0.15) is 0 Å². The number of nitrogens with zero attached hydrogens (tertiary/aromatic N) is 6. The molecular weight excluding hydrogens is 420 g/mol. The molecule has 2 saturated heterocycles. The van der Waals surface area contributed by atoms with Crippen molar-refractivity contribution >= 4 is 35.2 Å². The van der Waals surface area contributed by atoms with Crippen molar-refractivity contribution in [2.45, 2.75) is 24.0 Å². The van der Waals surface area contributed by atoms with Crippen LogP contribution in [0.1, 0.15) is 11.5 Å². The van der Waals surface area contributed by atoms with Crippen LogP contribution in [-0.2, 0) is 9.47 Å². The van der Waals surface area contributed by atoms with Crippen LogP contribution >= 0.6 is 23.5 Å². The largest absolute Gasteiger partial charge is 0.378 e. The minimum atomic E-state index is 0.789. The lowest BCUT2D eigenvalue weighted by Crippen LogP contribution is -2.36. The van der Waals surface area contributed by atoms with Gasteiger partial charge in [-0.3, -0.25) is 0 Å². The van der Waals surface area contributed by atoms with E-state index in [2.05, 4.69) is 29.7 Å². The molecule has 0 N–H and O–H groups in total. The maximum absolute atomic E-state index is 5.32. The van der Waals surface area contributed by atoms with Crippen molar-refractivity contribution in [2.75, 3.05) is 74.9 Å². The monoisotopic (exact) mass is 450 g/mol. The number of hydrogen-bond acceptors (Lipinski definition) is 10. The summed E-state index contributed by atoms with van der Waals surface area (Å²) in [5.41, 5.74) is 1.02. The molecule has 0 radical (unpaired) electrons. The van der Waals surface area contributed by atoms with Gasteiger partial charge in [-0.25, -0.2) is 19.9 Å². The van der Waals surface area contributed by atoms with Gasteiger partial charge in [0, 0.05) is 44.0 Å². The third kappa shape index (κ3) is 6.69. The maximum atomic E-state index is 5.32. The Labute approximate surface area is 187 Å². The third-order valence-corrected chi connectivity index (χ3v) is 5.86. The van der Waals surface area contributed by atoms with Crippen molar-refractivity contribution in [3.8, 4) is 0 Å². The first-order chi connectivity index (χ1) is 14.6. The van der Waals surface area contributed by atoms with Gasteiger partial charge in [-0.15, -0.1) is 11.8 Å². The van der Waals surface area contributed by atoms with Gasteiger partial charge in [-0.05, 0) is 26.4 Å². The number of anilines is 2. The Balaban J connectivity index is 0.000000171. The molecule has 8 nitrogen and oxygen atoms in total. The highest BCUT2D eigenvalue weighted by molar-refractivity contribution is 7.98. The van der Waals surface area contributed by atoms with Crippen molar-refractivity contribution < 1.29 is 9.47 Å². The summed E-state index contributed by atoms with van der Waals surface area (Å²) in [5, 5.41) is 1.88. The summed E-state index contributed by atoms with van der Waals surface area (Å²) in [7, 11) is 0. The maximum Gasteiger partial charge on any atom is 0.189 e. The van der Waals surface area contributed by atoms with Gasteiger partial charge in [0.05, 0.1) is 26.4 Å². The Kier molecular flexibility index (Phi) is 8.98. The lowest BCUT2D eigenvalue weighted by molar-refractivity contribution is 0.122. The SMILES string of the molecule is CSc1cc(N2CCOCC2)nc(C)n1.CSc1nc(C)cc(N2CCOCC2)n1. The zero-order valence-electron chi connectivity index (χ0n) is 18.1. The standard InChI is InChI=1S/2C10H15N3OS/c1-8-11-9(7-10(12-8)15-2)13-3-5-14-6-4-13;1-8-7-9(12-10(11-8)15-2)13-3-5-14-6-4-13/h2*7H,3-6H2,1-2H3. The second-order valence-corrected chi connectivity index (χ2v) is 8.47. The van der Waals surface area contributed by atoms with E-state index in [-0.39, 0.29) is 0 Å². The summed E-state index contributed by atoms with van der Waals surface area (Å²) in [6.07, 6.45) is 4.03. The molecule has 0 unspecified atom stereocenters. The summed E-state index contributed by atoms with van der Waals surface area (Å²) in [6.45, 7) is 10.8. The second-order valence-electron chi connectivity index (χ2n) is 6.87. The normalized spacial score (nSPS) is 16.8. The van der Waals surface area contributed by atoms with E-state index in [0.717, 1.165) is 85.9 Å². The van der Waals surface area contributed by atoms with Crippen molar-refractivity contribution in [1.29, 1.82) is 0 Å². The second kappa shape index (κ2) is 11.7. The summed E-state index contributed by atoms with van der Waals surface area (Å²) in [4.78, 5) is 22.1. The Morgan fingerprint density at radius 2 is 1.30 bits per heavy atom. The van der Waals surface area contributed by atoms with Gasteiger partial charge in [0.2, 0.25) is 0 Å². The summed E-state index contributed by atoms with van der Waals surface area (Å²) in [5.74, 6) is 2.88. The fourth-order valence-electron chi connectivity index (χ4n) is 3.16. The van der Waals surface area contributed by atoms with Crippen LogP contribution in [0.4, 0.5) is 11.6 Å². The molecule has 0 spiro atoms. The van der Waals surface area contributed by atoms with Gasteiger partial charge >= 0.3 is 0 Å². The molecule has 0 saturated carbocycles. The number of hydrogen-bond donors (Lipinski definition) is 0. The van der Waals surface area contributed by atoms with Crippen LogP contribution in [0.3, 0.4) is 0 Å². The fraction of sp³-hybridized carbons (Fsp3) is 0.600. The van der Waals surface area contributed by atoms with E-state index in [1.54, 1.807) is 23.5 Å². The minimum absolute atomic E-state index is 0.789. The molecule has 2 aliphatic rings. The van der Waals surface area contributed by atoms with Gasteiger partial charge in [0.1, 0.15) is 22.5 Å². The molecule has 0 aliphatic carbocycles. The van der Waals surface area contributed by atoms with E-state index in [9.17, 15) is 0 Å². The number of morpholine rings is 2. The minimum Gasteiger partial charge on any atom is -0.378 e. The van der Waals surface area contributed by atoms with Crippen molar-refractivity contribution in [3.63, 3.8) is 0 Å².